The summed E-state index contributed by atoms with van der Waals surface area (Å²) in [6.45, 7) is 3.11. The summed E-state index contributed by atoms with van der Waals surface area (Å²) in [5.41, 5.74) is 3.58. The predicted octanol–water partition coefficient (Wildman–Crippen LogP) is 2.29. The summed E-state index contributed by atoms with van der Waals surface area (Å²) in [5, 5.41) is 4.16. The van der Waals surface area contributed by atoms with E-state index in [-0.39, 0.29) is 10.8 Å². The van der Waals surface area contributed by atoms with Crippen LogP contribution in [0, 0.1) is 12.7 Å². The molecule has 1 atom stereocenters. The average molecular weight is 402 g/mol. The van der Waals surface area contributed by atoms with Crippen molar-refractivity contribution < 1.29 is 17.5 Å². The topological polar surface area (TPSA) is 76.8 Å². The van der Waals surface area contributed by atoms with E-state index in [9.17, 15) is 12.8 Å². The van der Waals surface area contributed by atoms with Crippen LogP contribution in [0.5, 0.6) is 5.75 Å². The number of benzene rings is 1. The molecule has 2 aromatic heterocycles. The molecule has 0 amide bonds. The second kappa shape index (κ2) is 6.25. The van der Waals surface area contributed by atoms with Crippen molar-refractivity contribution in [1.82, 2.24) is 18.9 Å². The highest BCUT2D eigenvalue weighted by Crippen LogP contribution is 2.36. The highest BCUT2D eigenvalue weighted by Gasteiger charge is 2.36. The van der Waals surface area contributed by atoms with Crippen molar-refractivity contribution in [3.8, 4) is 5.75 Å². The van der Waals surface area contributed by atoms with E-state index in [1.165, 1.54) is 22.8 Å². The molecule has 7 nitrogen and oxygen atoms in total. The van der Waals surface area contributed by atoms with Gasteiger partial charge in [-0.3, -0.25) is 0 Å². The Hall–Kier alpha value is -2.52. The Morgan fingerprint density at radius 3 is 3.00 bits per heavy atom. The first kappa shape index (κ1) is 17.6. The van der Waals surface area contributed by atoms with E-state index in [0.29, 0.717) is 38.3 Å². The van der Waals surface area contributed by atoms with Gasteiger partial charge in [-0.2, -0.15) is 9.40 Å². The number of rotatable bonds is 3. The lowest BCUT2D eigenvalue weighted by atomic mass is 9.96. The van der Waals surface area contributed by atoms with Crippen LogP contribution < -0.4 is 4.74 Å². The minimum absolute atomic E-state index is 0.0317. The molecule has 2 aliphatic heterocycles. The predicted molar refractivity (Wildman–Crippen MR) is 99.4 cm³/mol. The van der Waals surface area contributed by atoms with E-state index in [4.69, 9.17) is 4.74 Å². The number of ether oxygens (including phenoxy) is 1. The second-order valence-corrected chi connectivity index (χ2v) is 9.22. The molecule has 1 saturated heterocycles. The molecule has 3 aromatic rings. The number of pyridine rings is 1. The minimum atomic E-state index is -3.91. The van der Waals surface area contributed by atoms with Gasteiger partial charge in [-0.15, -0.1) is 0 Å². The molecule has 9 heteroatoms. The Labute approximate surface area is 161 Å². The summed E-state index contributed by atoms with van der Waals surface area (Å²) < 4.78 is 49.1. The fourth-order valence-corrected chi connectivity index (χ4v) is 5.71. The molecule has 0 aliphatic carbocycles. The average Bonchev–Trinajstić information content (AvgIpc) is 3.39. The SMILES string of the molecule is Cc1cc2ncnn2cc1C1CCN(S(=O)(=O)c2cc3c(cc2F)OCC3)C1. The number of halogens is 1. The Morgan fingerprint density at radius 2 is 2.14 bits per heavy atom. The van der Waals surface area contributed by atoms with E-state index in [1.54, 1.807) is 4.52 Å². The maximum Gasteiger partial charge on any atom is 0.246 e. The van der Waals surface area contributed by atoms with Gasteiger partial charge in [0, 0.05) is 37.7 Å². The maximum atomic E-state index is 14.5. The zero-order valence-corrected chi connectivity index (χ0v) is 16.1. The van der Waals surface area contributed by atoms with Crippen molar-refractivity contribution >= 4 is 15.7 Å². The first-order chi connectivity index (χ1) is 13.4. The third-order valence-corrected chi connectivity index (χ3v) is 7.50. The minimum Gasteiger partial charge on any atom is -0.493 e. The number of sulfonamides is 1. The van der Waals surface area contributed by atoms with Crippen LogP contribution in [0.1, 0.15) is 29.0 Å². The summed E-state index contributed by atoms with van der Waals surface area (Å²) in [4.78, 5) is 3.91. The molecule has 0 saturated carbocycles. The van der Waals surface area contributed by atoms with Gasteiger partial charge in [-0.1, -0.05) is 0 Å². The van der Waals surface area contributed by atoms with Gasteiger partial charge in [-0.05, 0) is 42.2 Å². The number of aryl methyl sites for hydroxylation is 1. The number of nitrogens with zero attached hydrogens (tertiary/aromatic N) is 4. The molecular weight excluding hydrogens is 383 g/mol. The molecule has 28 heavy (non-hydrogen) atoms. The Kier molecular flexibility index (Phi) is 3.92. The highest BCUT2D eigenvalue weighted by molar-refractivity contribution is 7.89. The lowest BCUT2D eigenvalue weighted by Gasteiger charge is -2.18. The zero-order chi connectivity index (χ0) is 19.5. The Morgan fingerprint density at radius 1 is 1.29 bits per heavy atom. The zero-order valence-electron chi connectivity index (χ0n) is 15.3. The first-order valence-electron chi connectivity index (χ1n) is 9.19. The van der Waals surface area contributed by atoms with Crippen molar-refractivity contribution in [1.29, 1.82) is 0 Å². The molecule has 146 valence electrons. The number of hydrogen-bond donors (Lipinski definition) is 0. The first-order valence-corrected chi connectivity index (χ1v) is 10.6. The summed E-state index contributed by atoms with van der Waals surface area (Å²) in [6, 6.07) is 4.55. The molecule has 1 aromatic carbocycles. The summed E-state index contributed by atoms with van der Waals surface area (Å²) in [7, 11) is -3.91. The maximum absolute atomic E-state index is 14.5. The van der Waals surface area contributed by atoms with E-state index in [1.807, 2.05) is 19.2 Å². The molecule has 5 rings (SSSR count). The van der Waals surface area contributed by atoms with Gasteiger partial charge >= 0.3 is 0 Å². The lowest BCUT2D eigenvalue weighted by molar-refractivity contribution is 0.354. The van der Waals surface area contributed by atoms with Gasteiger partial charge in [0.2, 0.25) is 10.0 Å². The standard InChI is InChI=1S/C19H19FN4O3S/c1-12-6-19-21-11-22-24(19)10-15(12)14-2-4-23(9-14)28(25,26)18-7-13-3-5-27-17(13)8-16(18)20/h6-8,10-11,14H,2-5,9H2,1H3. The number of fused-ring (bicyclic) bond motifs is 2. The highest BCUT2D eigenvalue weighted by atomic mass is 32.2. The second-order valence-electron chi connectivity index (χ2n) is 7.31. The number of hydrogen-bond acceptors (Lipinski definition) is 5. The quantitative estimate of drug-likeness (QED) is 0.672. The van der Waals surface area contributed by atoms with Crippen molar-refractivity contribution in [2.75, 3.05) is 19.7 Å². The lowest BCUT2D eigenvalue weighted by Crippen LogP contribution is -2.29. The third kappa shape index (κ3) is 2.68. The van der Waals surface area contributed by atoms with E-state index in [2.05, 4.69) is 10.1 Å². The van der Waals surface area contributed by atoms with Crippen LogP contribution in [0.3, 0.4) is 0 Å². The summed E-state index contributed by atoms with van der Waals surface area (Å²) in [5.74, 6) is -0.291. The third-order valence-electron chi connectivity index (χ3n) is 5.62. The van der Waals surface area contributed by atoms with Gasteiger partial charge in [0.05, 0.1) is 6.61 Å². The molecular formula is C19H19FN4O3S. The summed E-state index contributed by atoms with van der Waals surface area (Å²) >= 11 is 0. The fourth-order valence-electron chi connectivity index (χ4n) is 4.11. The molecule has 2 aliphatic rings. The molecule has 0 bridgehead atoms. The summed E-state index contributed by atoms with van der Waals surface area (Å²) in [6.07, 6.45) is 4.67. The van der Waals surface area contributed by atoms with Crippen molar-refractivity contribution in [3.05, 3.63) is 53.2 Å². The van der Waals surface area contributed by atoms with Crippen LogP contribution in [0.4, 0.5) is 4.39 Å². The van der Waals surface area contributed by atoms with E-state index >= 15 is 0 Å². The molecule has 0 radical (unpaired) electrons. The molecule has 1 unspecified atom stereocenters. The van der Waals surface area contributed by atoms with Crippen LogP contribution in [0.2, 0.25) is 0 Å². The van der Waals surface area contributed by atoms with Crippen LogP contribution in [0.15, 0.2) is 35.6 Å². The van der Waals surface area contributed by atoms with Gasteiger partial charge in [-0.25, -0.2) is 22.3 Å². The Bertz CT molecular complexity index is 1190. The van der Waals surface area contributed by atoms with Crippen molar-refractivity contribution in [2.45, 2.75) is 30.6 Å². The van der Waals surface area contributed by atoms with Gasteiger partial charge in [0.1, 0.15) is 22.8 Å². The van der Waals surface area contributed by atoms with Crippen molar-refractivity contribution in [3.63, 3.8) is 0 Å². The van der Waals surface area contributed by atoms with Crippen LogP contribution >= 0.6 is 0 Å². The fraction of sp³-hybridized carbons (Fsp3) is 0.368. The molecule has 0 N–H and O–H groups in total. The van der Waals surface area contributed by atoms with Gasteiger partial charge < -0.3 is 4.74 Å². The van der Waals surface area contributed by atoms with E-state index in [0.717, 1.165) is 22.3 Å². The van der Waals surface area contributed by atoms with Crippen LogP contribution in [0.25, 0.3) is 5.65 Å². The normalized spacial score (nSPS) is 19.9. The van der Waals surface area contributed by atoms with Crippen LogP contribution in [-0.2, 0) is 16.4 Å². The van der Waals surface area contributed by atoms with Gasteiger partial charge in [0.15, 0.2) is 5.65 Å². The monoisotopic (exact) mass is 402 g/mol. The van der Waals surface area contributed by atoms with E-state index < -0.39 is 15.8 Å². The van der Waals surface area contributed by atoms with Crippen LogP contribution in [-0.4, -0.2) is 47.0 Å². The largest absolute Gasteiger partial charge is 0.493 e. The molecule has 4 heterocycles. The van der Waals surface area contributed by atoms with Crippen molar-refractivity contribution in [2.24, 2.45) is 0 Å². The molecule has 1 fully saturated rings. The smallest absolute Gasteiger partial charge is 0.246 e. The van der Waals surface area contributed by atoms with Gasteiger partial charge in [0.25, 0.3) is 0 Å². The number of aromatic nitrogens is 3. The Balaban J connectivity index is 1.46. The molecule has 0 spiro atoms.